The van der Waals surface area contributed by atoms with Gasteiger partial charge in [-0.3, -0.25) is 9.36 Å². The van der Waals surface area contributed by atoms with Gasteiger partial charge >= 0.3 is 5.97 Å². The minimum Gasteiger partial charge on any atom is -0.497 e. The summed E-state index contributed by atoms with van der Waals surface area (Å²) in [4.78, 5) is 32.6. The lowest BCUT2D eigenvalue weighted by Crippen LogP contribution is -2.40. The average molecular weight is 537 g/mol. The van der Waals surface area contributed by atoms with E-state index in [0.29, 0.717) is 50.7 Å². The van der Waals surface area contributed by atoms with Crippen molar-refractivity contribution in [3.05, 3.63) is 84.5 Å². The maximum Gasteiger partial charge on any atom is 0.338 e. The number of carbonyl (C=O) groups excluding carboxylic acids is 1. The van der Waals surface area contributed by atoms with Crippen LogP contribution < -0.4 is 29.1 Å². The van der Waals surface area contributed by atoms with Gasteiger partial charge in [-0.2, -0.15) is 0 Å². The van der Waals surface area contributed by atoms with Gasteiger partial charge in [0.2, 0.25) is 0 Å². The molecule has 1 aliphatic rings. The lowest BCUT2D eigenvalue weighted by atomic mass is 9.93. The van der Waals surface area contributed by atoms with Crippen molar-refractivity contribution < 1.29 is 23.7 Å². The highest BCUT2D eigenvalue weighted by atomic mass is 32.1. The Labute approximate surface area is 225 Å². The second-order valence-corrected chi connectivity index (χ2v) is 9.53. The van der Waals surface area contributed by atoms with Gasteiger partial charge in [0.25, 0.3) is 5.56 Å². The molecule has 1 atom stereocenters. The molecule has 8 nitrogen and oxygen atoms in total. The predicted molar refractivity (Wildman–Crippen MR) is 147 cm³/mol. The molecule has 2 heterocycles. The van der Waals surface area contributed by atoms with Crippen LogP contribution in [-0.4, -0.2) is 38.0 Å². The first-order chi connectivity index (χ1) is 18.4. The van der Waals surface area contributed by atoms with Crippen LogP contribution in [0.1, 0.15) is 50.8 Å². The number of aromatic nitrogens is 1. The molecule has 2 aromatic carbocycles. The predicted octanol–water partition coefficient (Wildman–Crippen LogP) is 3.99. The van der Waals surface area contributed by atoms with E-state index in [2.05, 4.69) is 0 Å². The van der Waals surface area contributed by atoms with Gasteiger partial charge in [0.15, 0.2) is 4.80 Å². The molecule has 0 unspecified atom stereocenters. The molecular formula is C29H32N2O6S. The summed E-state index contributed by atoms with van der Waals surface area (Å²) in [6, 6.07) is 12.1. The summed E-state index contributed by atoms with van der Waals surface area (Å²) < 4.78 is 24.2. The van der Waals surface area contributed by atoms with Crippen molar-refractivity contribution in [2.24, 2.45) is 4.99 Å². The molecule has 38 heavy (non-hydrogen) atoms. The lowest BCUT2D eigenvalue weighted by Gasteiger charge is -2.27. The number of hydrogen-bond donors (Lipinski definition) is 0. The number of benzene rings is 2. The van der Waals surface area contributed by atoms with E-state index >= 15 is 0 Å². The van der Waals surface area contributed by atoms with Gasteiger partial charge in [0, 0.05) is 5.56 Å². The highest BCUT2D eigenvalue weighted by Gasteiger charge is 2.36. The number of allylic oxidation sites excluding steroid dienone is 1. The first-order valence-electron chi connectivity index (χ1n) is 12.6. The van der Waals surface area contributed by atoms with E-state index in [-0.39, 0.29) is 12.2 Å². The molecule has 0 amide bonds. The molecule has 0 radical (unpaired) electrons. The molecule has 0 saturated heterocycles. The van der Waals surface area contributed by atoms with Crippen LogP contribution in [0.2, 0.25) is 0 Å². The van der Waals surface area contributed by atoms with Crippen LogP contribution in [0.15, 0.2) is 63.5 Å². The largest absolute Gasteiger partial charge is 0.497 e. The summed E-state index contributed by atoms with van der Waals surface area (Å²) in [5.41, 5.74) is 2.16. The number of methoxy groups -OCH3 is 2. The summed E-state index contributed by atoms with van der Waals surface area (Å²) in [5, 5.41) is 0. The second-order valence-electron chi connectivity index (χ2n) is 8.52. The van der Waals surface area contributed by atoms with E-state index < -0.39 is 12.0 Å². The fourth-order valence-electron chi connectivity index (χ4n) is 4.45. The number of rotatable bonds is 10. The molecule has 0 spiro atoms. The first-order valence-corrected chi connectivity index (χ1v) is 13.4. The molecule has 0 bridgehead atoms. The van der Waals surface area contributed by atoms with Gasteiger partial charge in [-0.15, -0.1) is 0 Å². The minimum absolute atomic E-state index is 0.200. The zero-order valence-corrected chi connectivity index (χ0v) is 23.1. The van der Waals surface area contributed by atoms with Gasteiger partial charge in [-0.25, -0.2) is 9.79 Å². The van der Waals surface area contributed by atoms with E-state index in [4.69, 9.17) is 23.9 Å². The molecule has 200 valence electrons. The molecule has 0 saturated carbocycles. The number of esters is 1. The maximum atomic E-state index is 13.9. The molecule has 3 aromatic rings. The molecule has 4 rings (SSSR count). The molecule has 1 aromatic heterocycles. The summed E-state index contributed by atoms with van der Waals surface area (Å²) in [6.07, 6.45) is 3.15. The van der Waals surface area contributed by atoms with Crippen molar-refractivity contribution >= 4 is 23.4 Å². The quantitative estimate of drug-likeness (QED) is 0.364. The van der Waals surface area contributed by atoms with Gasteiger partial charge in [-0.05, 0) is 62.2 Å². The van der Waals surface area contributed by atoms with Crippen LogP contribution in [-0.2, 0) is 9.53 Å². The number of nitrogens with zero attached hydrogens (tertiary/aromatic N) is 2. The second kappa shape index (κ2) is 12.1. The van der Waals surface area contributed by atoms with Crippen LogP contribution in [0.3, 0.4) is 0 Å². The monoisotopic (exact) mass is 536 g/mol. The van der Waals surface area contributed by atoms with E-state index in [0.717, 1.165) is 17.7 Å². The van der Waals surface area contributed by atoms with Crippen LogP contribution in [0.25, 0.3) is 6.08 Å². The molecule has 0 aliphatic carbocycles. The molecule has 9 heteroatoms. The van der Waals surface area contributed by atoms with Crippen molar-refractivity contribution in [1.29, 1.82) is 0 Å². The average Bonchev–Trinajstić information content (AvgIpc) is 3.23. The van der Waals surface area contributed by atoms with E-state index in [1.54, 1.807) is 43.9 Å². The topological polar surface area (TPSA) is 88.4 Å². The highest BCUT2D eigenvalue weighted by molar-refractivity contribution is 7.07. The zero-order valence-electron chi connectivity index (χ0n) is 22.3. The summed E-state index contributed by atoms with van der Waals surface area (Å²) in [7, 11) is 3.13. The van der Waals surface area contributed by atoms with Crippen molar-refractivity contribution in [3.63, 3.8) is 0 Å². The van der Waals surface area contributed by atoms with Crippen molar-refractivity contribution in [2.45, 2.75) is 39.7 Å². The third kappa shape index (κ3) is 5.38. The SMILES string of the molecule is CCCC1=C(C(=O)OCC)[C@H](c2cc(OC)ccc2OC)n2c(s/c(=C\c3ccc(OCC)cc3)c2=O)=N1. The van der Waals surface area contributed by atoms with Gasteiger partial charge in [-0.1, -0.05) is 36.8 Å². The molecular weight excluding hydrogens is 504 g/mol. The third-order valence-electron chi connectivity index (χ3n) is 6.11. The Morgan fingerprint density at radius 3 is 2.39 bits per heavy atom. The van der Waals surface area contributed by atoms with Crippen LogP contribution in [0.5, 0.6) is 17.2 Å². The summed E-state index contributed by atoms with van der Waals surface area (Å²) in [5.74, 6) is 1.36. The third-order valence-corrected chi connectivity index (χ3v) is 7.10. The number of hydrogen-bond acceptors (Lipinski definition) is 8. The Morgan fingerprint density at radius 2 is 1.76 bits per heavy atom. The standard InChI is InChI=1S/C29H32N2O6S/c1-6-9-22-25(28(33)37-8-3)26(21-17-20(34-4)14-15-23(21)35-5)31-27(32)24(38-29(31)30-22)16-18-10-12-19(13-11-18)36-7-2/h10-17,26H,6-9H2,1-5H3/b24-16-/t26-/m0/s1. The fourth-order valence-corrected chi connectivity index (χ4v) is 5.47. The van der Waals surface area contributed by atoms with E-state index in [9.17, 15) is 9.59 Å². The Bertz CT molecular complexity index is 1520. The lowest BCUT2D eigenvalue weighted by molar-refractivity contribution is -0.139. The Balaban J connectivity index is 1.99. The first kappa shape index (κ1) is 27.2. The molecule has 0 fully saturated rings. The summed E-state index contributed by atoms with van der Waals surface area (Å²) >= 11 is 1.29. The van der Waals surface area contributed by atoms with Crippen molar-refractivity contribution in [1.82, 2.24) is 4.57 Å². The Hall–Kier alpha value is -3.85. The zero-order chi connectivity index (χ0) is 27.2. The van der Waals surface area contributed by atoms with E-state index in [1.165, 1.54) is 11.3 Å². The number of carbonyl (C=O) groups is 1. The van der Waals surface area contributed by atoms with Crippen molar-refractivity contribution in [2.75, 3.05) is 27.4 Å². The molecule has 0 N–H and O–H groups in total. The maximum absolute atomic E-state index is 13.9. The van der Waals surface area contributed by atoms with Gasteiger partial charge in [0.1, 0.15) is 23.3 Å². The smallest absolute Gasteiger partial charge is 0.338 e. The Morgan fingerprint density at radius 1 is 1.03 bits per heavy atom. The van der Waals surface area contributed by atoms with Crippen molar-refractivity contribution in [3.8, 4) is 17.2 Å². The number of fused-ring (bicyclic) bond motifs is 1. The Kier molecular flexibility index (Phi) is 8.68. The normalized spacial score (nSPS) is 15.1. The summed E-state index contributed by atoms with van der Waals surface area (Å²) in [6.45, 7) is 6.49. The number of thiazole rings is 1. The van der Waals surface area contributed by atoms with Crippen LogP contribution in [0.4, 0.5) is 0 Å². The van der Waals surface area contributed by atoms with Gasteiger partial charge < -0.3 is 18.9 Å². The highest BCUT2D eigenvalue weighted by Crippen LogP contribution is 2.38. The van der Waals surface area contributed by atoms with E-state index in [1.807, 2.05) is 44.2 Å². The number of ether oxygens (including phenoxy) is 4. The minimum atomic E-state index is -0.792. The van der Waals surface area contributed by atoms with Crippen LogP contribution in [0, 0.1) is 0 Å². The molecule has 1 aliphatic heterocycles. The van der Waals surface area contributed by atoms with Crippen LogP contribution >= 0.6 is 11.3 Å². The fraction of sp³-hybridized carbons (Fsp3) is 0.345. The van der Waals surface area contributed by atoms with Gasteiger partial charge in [0.05, 0.1) is 43.2 Å².